The maximum absolute atomic E-state index is 11.2. The van der Waals surface area contributed by atoms with Crippen molar-refractivity contribution in [3.63, 3.8) is 0 Å². The van der Waals surface area contributed by atoms with Crippen LogP contribution in [0.15, 0.2) is 29.2 Å². The van der Waals surface area contributed by atoms with E-state index in [1.54, 1.807) is 23.9 Å². The Morgan fingerprint density at radius 2 is 2.18 bits per heavy atom. The first-order valence-corrected chi connectivity index (χ1v) is 8.24. The van der Waals surface area contributed by atoms with Gasteiger partial charge in [0, 0.05) is 18.3 Å². The van der Waals surface area contributed by atoms with E-state index >= 15 is 0 Å². The molecule has 0 aromatic heterocycles. The highest BCUT2D eigenvalue weighted by Crippen LogP contribution is 2.16. The van der Waals surface area contributed by atoms with Gasteiger partial charge in [0.1, 0.15) is 0 Å². The van der Waals surface area contributed by atoms with Crippen molar-refractivity contribution in [2.45, 2.75) is 17.9 Å². The van der Waals surface area contributed by atoms with Crippen LogP contribution in [0.1, 0.15) is 18.5 Å². The number of sulfonamides is 1. The minimum Gasteiger partial charge on any atom is -0.309 e. The molecule has 0 radical (unpaired) electrons. The van der Waals surface area contributed by atoms with Gasteiger partial charge in [-0.1, -0.05) is 12.1 Å². The fourth-order valence-electron chi connectivity index (χ4n) is 1.46. The first-order valence-electron chi connectivity index (χ1n) is 5.30. The molecule has 1 aromatic carbocycles. The molecule has 6 heteroatoms. The van der Waals surface area contributed by atoms with Crippen LogP contribution in [-0.2, 0) is 10.0 Å². The average Bonchev–Trinajstić information content (AvgIpc) is 2.28. The Balaban J connectivity index is 2.78. The van der Waals surface area contributed by atoms with Gasteiger partial charge in [-0.15, -0.1) is 0 Å². The maximum Gasteiger partial charge on any atom is 0.238 e. The second kappa shape index (κ2) is 6.39. The summed E-state index contributed by atoms with van der Waals surface area (Å²) >= 11 is 1.77. The van der Waals surface area contributed by atoms with Crippen molar-refractivity contribution in [2.24, 2.45) is 5.14 Å². The Bertz CT molecular complexity index is 460. The predicted octanol–water partition coefficient (Wildman–Crippen LogP) is 1.35. The van der Waals surface area contributed by atoms with Gasteiger partial charge in [0.25, 0.3) is 0 Å². The minimum absolute atomic E-state index is 0.115. The van der Waals surface area contributed by atoms with Gasteiger partial charge < -0.3 is 5.32 Å². The summed E-state index contributed by atoms with van der Waals surface area (Å²) in [6.45, 7) is 2.89. The Kier molecular flexibility index (Phi) is 5.45. The fraction of sp³-hybridized carbons (Fsp3) is 0.455. The summed E-state index contributed by atoms with van der Waals surface area (Å²) in [5, 5.41) is 8.42. The lowest BCUT2D eigenvalue weighted by molar-refractivity contribution is 0.592. The number of rotatable bonds is 6. The molecule has 4 nitrogen and oxygen atoms in total. The molecule has 17 heavy (non-hydrogen) atoms. The minimum atomic E-state index is -3.62. The third kappa shape index (κ3) is 4.67. The second-order valence-corrected chi connectivity index (χ2v) is 6.33. The Morgan fingerprint density at radius 1 is 1.47 bits per heavy atom. The fourth-order valence-corrected chi connectivity index (χ4v) is 2.35. The zero-order valence-electron chi connectivity index (χ0n) is 10.0. The molecule has 3 N–H and O–H groups in total. The van der Waals surface area contributed by atoms with Crippen molar-refractivity contribution < 1.29 is 8.42 Å². The van der Waals surface area contributed by atoms with Gasteiger partial charge in [-0.3, -0.25) is 0 Å². The molecule has 0 fully saturated rings. The topological polar surface area (TPSA) is 72.2 Å². The van der Waals surface area contributed by atoms with Gasteiger partial charge in [0.05, 0.1) is 4.90 Å². The van der Waals surface area contributed by atoms with Crippen molar-refractivity contribution >= 4 is 21.8 Å². The van der Waals surface area contributed by atoms with Crippen LogP contribution in [0.5, 0.6) is 0 Å². The van der Waals surface area contributed by atoms with Crippen LogP contribution in [-0.4, -0.2) is 27.0 Å². The number of hydrogen-bond donors (Lipinski definition) is 2. The number of hydrogen-bond acceptors (Lipinski definition) is 4. The summed E-state index contributed by atoms with van der Waals surface area (Å²) in [4.78, 5) is 0.161. The van der Waals surface area contributed by atoms with Crippen molar-refractivity contribution in [1.29, 1.82) is 0 Å². The third-order valence-electron chi connectivity index (χ3n) is 2.44. The van der Waals surface area contributed by atoms with E-state index in [2.05, 4.69) is 5.32 Å². The average molecular weight is 274 g/mol. The normalized spacial score (nSPS) is 13.6. The van der Waals surface area contributed by atoms with Crippen molar-refractivity contribution in [1.82, 2.24) is 5.32 Å². The molecule has 0 spiro atoms. The van der Waals surface area contributed by atoms with Gasteiger partial charge in [0.15, 0.2) is 0 Å². The Hall–Kier alpha value is -0.560. The van der Waals surface area contributed by atoms with E-state index in [1.165, 1.54) is 6.07 Å². The Morgan fingerprint density at radius 3 is 2.76 bits per heavy atom. The maximum atomic E-state index is 11.2. The number of thioether (sulfide) groups is 1. The van der Waals surface area contributed by atoms with E-state index in [0.29, 0.717) is 0 Å². The molecule has 0 aliphatic heterocycles. The number of benzene rings is 1. The van der Waals surface area contributed by atoms with Crippen LogP contribution >= 0.6 is 11.8 Å². The summed E-state index contributed by atoms with van der Waals surface area (Å²) in [5.41, 5.74) is 0.928. The van der Waals surface area contributed by atoms with Gasteiger partial charge in [0.2, 0.25) is 10.0 Å². The quantitative estimate of drug-likeness (QED) is 0.768. The van der Waals surface area contributed by atoms with Crippen molar-refractivity contribution in [2.75, 3.05) is 18.6 Å². The lowest BCUT2D eigenvalue weighted by atomic mass is 10.1. The van der Waals surface area contributed by atoms with E-state index < -0.39 is 10.0 Å². The first kappa shape index (κ1) is 14.5. The molecule has 0 bridgehead atoms. The van der Waals surface area contributed by atoms with Crippen molar-refractivity contribution in [3.05, 3.63) is 29.8 Å². The van der Waals surface area contributed by atoms with Crippen LogP contribution in [0.3, 0.4) is 0 Å². The number of nitrogens with two attached hydrogens (primary N) is 1. The van der Waals surface area contributed by atoms with E-state index in [1.807, 2.05) is 19.2 Å². The summed E-state index contributed by atoms with van der Waals surface area (Å²) in [6, 6.07) is 6.84. The molecule has 1 unspecified atom stereocenters. The van der Waals surface area contributed by atoms with Gasteiger partial charge >= 0.3 is 0 Å². The molecule has 0 amide bonds. The molecule has 1 aromatic rings. The molecule has 0 heterocycles. The number of nitrogens with one attached hydrogen (secondary N) is 1. The van der Waals surface area contributed by atoms with Crippen LogP contribution in [0, 0.1) is 0 Å². The largest absolute Gasteiger partial charge is 0.309 e. The molecular formula is C11H18N2O2S2. The van der Waals surface area contributed by atoms with Gasteiger partial charge in [-0.2, -0.15) is 11.8 Å². The van der Waals surface area contributed by atoms with Crippen LogP contribution in [0.4, 0.5) is 0 Å². The lowest BCUT2D eigenvalue weighted by Crippen LogP contribution is -2.21. The summed E-state index contributed by atoms with van der Waals surface area (Å²) < 4.78 is 22.4. The van der Waals surface area contributed by atoms with E-state index in [-0.39, 0.29) is 10.9 Å². The molecule has 0 saturated carbocycles. The molecule has 1 atom stereocenters. The molecular weight excluding hydrogens is 256 g/mol. The van der Waals surface area contributed by atoms with Gasteiger partial charge in [-0.25, -0.2) is 13.6 Å². The molecule has 96 valence electrons. The monoisotopic (exact) mass is 274 g/mol. The summed E-state index contributed by atoms with van der Waals surface area (Å²) in [6.07, 6.45) is 2.05. The van der Waals surface area contributed by atoms with E-state index in [9.17, 15) is 8.42 Å². The zero-order chi connectivity index (χ0) is 12.9. The molecule has 0 aliphatic carbocycles. The second-order valence-electron chi connectivity index (χ2n) is 3.79. The highest BCUT2D eigenvalue weighted by Gasteiger charge is 2.10. The van der Waals surface area contributed by atoms with Crippen LogP contribution < -0.4 is 10.5 Å². The Labute approximate surface area is 107 Å². The SMILES string of the molecule is CSCCNC(C)c1cccc(S(N)(=O)=O)c1. The van der Waals surface area contributed by atoms with Crippen LogP contribution in [0.25, 0.3) is 0 Å². The summed E-state index contributed by atoms with van der Waals surface area (Å²) in [5.74, 6) is 1.03. The molecule has 0 saturated heterocycles. The van der Waals surface area contributed by atoms with Crippen LogP contribution in [0.2, 0.25) is 0 Å². The molecule has 0 aliphatic rings. The smallest absolute Gasteiger partial charge is 0.238 e. The van der Waals surface area contributed by atoms with Crippen molar-refractivity contribution in [3.8, 4) is 0 Å². The standard InChI is InChI=1S/C11H18N2O2S2/c1-9(13-6-7-16-2)10-4-3-5-11(8-10)17(12,14)15/h3-5,8-9,13H,6-7H2,1-2H3,(H2,12,14,15). The highest BCUT2D eigenvalue weighted by atomic mass is 32.2. The lowest BCUT2D eigenvalue weighted by Gasteiger charge is -2.14. The predicted molar refractivity (Wildman–Crippen MR) is 72.6 cm³/mol. The first-order chi connectivity index (χ1) is 7.95. The van der Waals surface area contributed by atoms with Gasteiger partial charge in [-0.05, 0) is 30.9 Å². The number of primary sulfonamides is 1. The third-order valence-corrected chi connectivity index (χ3v) is 3.97. The summed E-state index contributed by atoms with van der Waals surface area (Å²) in [7, 11) is -3.62. The van der Waals surface area contributed by atoms with E-state index in [0.717, 1.165) is 17.9 Å². The van der Waals surface area contributed by atoms with E-state index in [4.69, 9.17) is 5.14 Å². The zero-order valence-corrected chi connectivity index (χ0v) is 11.6. The molecule has 1 rings (SSSR count). The highest BCUT2D eigenvalue weighted by molar-refractivity contribution is 7.98.